The summed E-state index contributed by atoms with van der Waals surface area (Å²) in [6, 6.07) is 4.26. The highest BCUT2D eigenvalue weighted by Crippen LogP contribution is 2.35. The lowest BCUT2D eigenvalue weighted by atomic mass is 9.93. The van der Waals surface area contributed by atoms with E-state index in [1.807, 2.05) is 12.1 Å². The van der Waals surface area contributed by atoms with Crippen molar-refractivity contribution in [1.82, 2.24) is 10.3 Å². The van der Waals surface area contributed by atoms with E-state index < -0.39 is 0 Å². The zero-order chi connectivity index (χ0) is 13.8. The van der Waals surface area contributed by atoms with Gasteiger partial charge in [-0.15, -0.1) is 0 Å². The molecule has 1 fully saturated rings. The average molecular weight is 261 g/mol. The minimum Gasteiger partial charge on any atom is -0.382 e. The molecule has 3 atom stereocenters. The Kier molecular flexibility index (Phi) is 4.40. The molecular weight excluding hydrogens is 238 g/mol. The van der Waals surface area contributed by atoms with Crippen LogP contribution >= 0.6 is 0 Å². The number of carbonyl (C=O) groups excluding carboxylic acids is 1. The maximum absolute atomic E-state index is 11.6. The molecule has 0 aromatic carbocycles. The maximum atomic E-state index is 11.6. The van der Waals surface area contributed by atoms with Crippen molar-refractivity contribution in [3.63, 3.8) is 0 Å². The molecule has 3 unspecified atom stereocenters. The van der Waals surface area contributed by atoms with E-state index in [1.165, 1.54) is 19.3 Å². The maximum Gasteiger partial charge on any atom is 0.269 e. The summed E-state index contributed by atoms with van der Waals surface area (Å²) in [5, 5.41) is 6.15. The SMILES string of the molecule is CCC1CCC(Nc2ccnc(C(=O)NC)c2)C1C. The summed E-state index contributed by atoms with van der Waals surface area (Å²) in [7, 11) is 1.62. The summed E-state index contributed by atoms with van der Waals surface area (Å²) >= 11 is 0. The highest BCUT2D eigenvalue weighted by molar-refractivity contribution is 5.92. The molecule has 4 nitrogen and oxygen atoms in total. The molecule has 104 valence electrons. The van der Waals surface area contributed by atoms with Gasteiger partial charge in [0.15, 0.2) is 0 Å². The highest BCUT2D eigenvalue weighted by atomic mass is 16.1. The van der Waals surface area contributed by atoms with Crippen LogP contribution in [0.25, 0.3) is 0 Å². The largest absolute Gasteiger partial charge is 0.382 e. The van der Waals surface area contributed by atoms with Gasteiger partial charge in [-0.2, -0.15) is 0 Å². The van der Waals surface area contributed by atoms with E-state index in [1.54, 1.807) is 13.2 Å². The predicted octanol–water partition coefficient (Wildman–Crippen LogP) is 2.68. The minimum atomic E-state index is -0.144. The molecule has 0 spiro atoms. The van der Waals surface area contributed by atoms with E-state index in [0.717, 1.165) is 11.6 Å². The summed E-state index contributed by atoms with van der Waals surface area (Å²) in [4.78, 5) is 15.6. The normalized spacial score (nSPS) is 26.2. The van der Waals surface area contributed by atoms with Crippen molar-refractivity contribution in [2.45, 2.75) is 39.2 Å². The van der Waals surface area contributed by atoms with Gasteiger partial charge in [-0.25, -0.2) is 0 Å². The number of hydrogen-bond acceptors (Lipinski definition) is 3. The lowest BCUT2D eigenvalue weighted by molar-refractivity contribution is 0.0958. The number of aromatic nitrogens is 1. The van der Waals surface area contributed by atoms with Gasteiger partial charge in [-0.05, 0) is 36.8 Å². The van der Waals surface area contributed by atoms with Crippen molar-refractivity contribution in [2.75, 3.05) is 12.4 Å². The molecule has 1 aliphatic rings. The molecule has 0 radical (unpaired) electrons. The summed E-state index contributed by atoms with van der Waals surface area (Å²) in [5.41, 5.74) is 1.45. The van der Waals surface area contributed by atoms with Gasteiger partial charge >= 0.3 is 0 Å². The molecule has 19 heavy (non-hydrogen) atoms. The zero-order valence-corrected chi connectivity index (χ0v) is 11.9. The lowest BCUT2D eigenvalue weighted by Crippen LogP contribution is -2.25. The van der Waals surface area contributed by atoms with Gasteiger partial charge in [0.25, 0.3) is 5.91 Å². The zero-order valence-electron chi connectivity index (χ0n) is 11.9. The van der Waals surface area contributed by atoms with Crippen LogP contribution in [0, 0.1) is 11.8 Å². The molecular formula is C15H23N3O. The molecule has 0 saturated heterocycles. The van der Waals surface area contributed by atoms with Crippen LogP contribution in [0.1, 0.15) is 43.6 Å². The second-order valence-electron chi connectivity index (χ2n) is 5.36. The Morgan fingerprint density at radius 1 is 1.47 bits per heavy atom. The molecule has 1 aromatic heterocycles. The van der Waals surface area contributed by atoms with Gasteiger partial charge in [0, 0.05) is 25.0 Å². The fraction of sp³-hybridized carbons (Fsp3) is 0.600. The van der Waals surface area contributed by atoms with Crippen LogP contribution in [0.15, 0.2) is 18.3 Å². The number of amides is 1. The molecule has 1 heterocycles. The van der Waals surface area contributed by atoms with E-state index in [4.69, 9.17) is 0 Å². The number of carbonyl (C=O) groups is 1. The van der Waals surface area contributed by atoms with Crippen molar-refractivity contribution in [1.29, 1.82) is 0 Å². The number of anilines is 1. The molecule has 1 amide bonds. The Balaban J connectivity index is 2.05. The van der Waals surface area contributed by atoms with Gasteiger partial charge in [0.05, 0.1) is 0 Å². The van der Waals surface area contributed by atoms with Crippen LogP contribution in [0.3, 0.4) is 0 Å². The van der Waals surface area contributed by atoms with Crippen LogP contribution < -0.4 is 10.6 Å². The number of nitrogens with zero attached hydrogens (tertiary/aromatic N) is 1. The fourth-order valence-electron chi connectivity index (χ4n) is 3.01. The number of pyridine rings is 1. The third-order valence-corrected chi connectivity index (χ3v) is 4.32. The van der Waals surface area contributed by atoms with E-state index >= 15 is 0 Å². The van der Waals surface area contributed by atoms with Crippen molar-refractivity contribution in [3.05, 3.63) is 24.0 Å². The minimum absolute atomic E-state index is 0.144. The Morgan fingerprint density at radius 3 is 2.89 bits per heavy atom. The first-order valence-corrected chi connectivity index (χ1v) is 7.10. The fourth-order valence-corrected chi connectivity index (χ4v) is 3.01. The molecule has 0 bridgehead atoms. The lowest BCUT2D eigenvalue weighted by Gasteiger charge is -2.22. The molecule has 1 saturated carbocycles. The molecule has 0 aliphatic heterocycles. The first kappa shape index (κ1) is 13.8. The summed E-state index contributed by atoms with van der Waals surface area (Å²) in [6.07, 6.45) is 5.43. The van der Waals surface area contributed by atoms with E-state index in [2.05, 4.69) is 29.5 Å². The monoisotopic (exact) mass is 261 g/mol. The van der Waals surface area contributed by atoms with Crippen LogP contribution in [-0.4, -0.2) is 24.0 Å². The second kappa shape index (κ2) is 6.04. The van der Waals surface area contributed by atoms with Gasteiger partial charge in [-0.3, -0.25) is 9.78 Å². The predicted molar refractivity (Wildman–Crippen MR) is 77.2 cm³/mol. The van der Waals surface area contributed by atoms with E-state index in [-0.39, 0.29) is 5.91 Å². The van der Waals surface area contributed by atoms with E-state index in [0.29, 0.717) is 17.7 Å². The molecule has 2 N–H and O–H groups in total. The van der Waals surface area contributed by atoms with Crippen molar-refractivity contribution in [3.8, 4) is 0 Å². The molecule has 2 rings (SSSR count). The first-order valence-electron chi connectivity index (χ1n) is 7.10. The van der Waals surface area contributed by atoms with Gasteiger partial charge in [-0.1, -0.05) is 20.3 Å². The average Bonchev–Trinajstić information content (AvgIpc) is 2.79. The standard InChI is InChI=1S/C15H23N3O/c1-4-11-5-6-13(10(11)2)18-12-7-8-17-14(9-12)15(19)16-3/h7-11,13H,4-6H2,1-3H3,(H,16,19)(H,17,18). The Morgan fingerprint density at radius 2 is 2.26 bits per heavy atom. The second-order valence-corrected chi connectivity index (χ2v) is 5.36. The van der Waals surface area contributed by atoms with Crippen LogP contribution in [0.5, 0.6) is 0 Å². The number of rotatable bonds is 4. The van der Waals surface area contributed by atoms with Crippen molar-refractivity contribution < 1.29 is 4.79 Å². The number of nitrogens with one attached hydrogen (secondary N) is 2. The summed E-state index contributed by atoms with van der Waals surface area (Å²) in [5.74, 6) is 1.36. The Hall–Kier alpha value is -1.58. The number of hydrogen-bond donors (Lipinski definition) is 2. The molecule has 1 aliphatic carbocycles. The van der Waals surface area contributed by atoms with Gasteiger partial charge in [0.1, 0.15) is 5.69 Å². The molecule has 4 heteroatoms. The molecule has 1 aromatic rings. The van der Waals surface area contributed by atoms with Crippen molar-refractivity contribution >= 4 is 11.6 Å². The van der Waals surface area contributed by atoms with E-state index in [9.17, 15) is 4.79 Å². The van der Waals surface area contributed by atoms with Gasteiger partial charge < -0.3 is 10.6 Å². The first-order chi connectivity index (χ1) is 9.15. The highest BCUT2D eigenvalue weighted by Gasteiger charge is 2.31. The topological polar surface area (TPSA) is 54.0 Å². The van der Waals surface area contributed by atoms with Crippen molar-refractivity contribution in [2.24, 2.45) is 11.8 Å². The van der Waals surface area contributed by atoms with Crippen LogP contribution in [-0.2, 0) is 0 Å². The third kappa shape index (κ3) is 3.06. The Bertz CT molecular complexity index is 447. The smallest absolute Gasteiger partial charge is 0.269 e. The summed E-state index contributed by atoms with van der Waals surface area (Å²) in [6.45, 7) is 4.58. The van der Waals surface area contributed by atoms with Crippen LogP contribution in [0.2, 0.25) is 0 Å². The third-order valence-electron chi connectivity index (χ3n) is 4.32. The summed E-state index contributed by atoms with van der Waals surface area (Å²) < 4.78 is 0. The van der Waals surface area contributed by atoms with Gasteiger partial charge in [0.2, 0.25) is 0 Å². The quantitative estimate of drug-likeness (QED) is 0.876. The van der Waals surface area contributed by atoms with Crippen LogP contribution in [0.4, 0.5) is 5.69 Å². The Labute approximate surface area is 115 Å².